The zero-order chi connectivity index (χ0) is 15.0. The molecule has 2 heterocycles. The molecule has 0 amide bonds. The summed E-state index contributed by atoms with van der Waals surface area (Å²) in [5.74, 6) is -0.482. The van der Waals surface area contributed by atoms with Gasteiger partial charge in [0.2, 0.25) is 0 Å². The molecule has 1 aromatic carbocycles. The number of carbonyl (C=O) groups excluding carboxylic acids is 1. The van der Waals surface area contributed by atoms with E-state index in [1.807, 2.05) is 0 Å². The van der Waals surface area contributed by atoms with Crippen LogP contribution in [0, 0.1) is 5.82 Å². The Morgan fingerprint density at radius 3 is 2.81 bits per heavy atom. The molecule has 0 radical (unpaired) electrons. The number of rotatable bonds is 2. The number of esters is 1. The third-order valence-corrected chi connectivity index (χ3v) is 3.41. The first-order chi connectivity index (χ1) is 10.1. The van der Waals surface area contributed by atoms with Gasteiger partial charge in [-0.05, 0) is 24.3 Å². The third kappa shape index (κ3) is 2.25. The van der Waals surface area contributed by atoms with E-state index in [4.69, 9.17) is 11.6 Å². The molecule has 0 saturated heterocycles. The van der Waals surface area contributed by atoms with Gasteiger partial charge < -0.3 is 4.74 Å². The van der Waals surface area contributed by atoms with E-state index < -0.39 is 11.8 Å². The number of ether oxygens (including phenoxy) is 1. The topological polar surface area (TPSA) is 43.6 Å². The fourth-order valence-electron chi connectivity index (χ4n) is 2.13. The lowest BCUT2D eigenvalue weighted by Crippen LogP contribution is -2.02. The lowest BCUT2D eigenvalue weighted by molar-refractivity contribution is 0.0600. The van der Waals surface area contributed by atoms with Gasteiger partial charge >= 0.3 is 5.97 Å². The van der Waals surface area contributed by atoms with Crippen LogP contribution in [0.5, 0.6) is 0 Å². The van der Waals surface area contributed by atoms with Crippen molar-refractivity contribution in [3.63, 3.8) is 0 Å². The van der Waals surface area contributed by atoms with Gasteiger partial charge in [0.05, 0.1) is 23.8 Å². The van der Waals surface area contributed by atoms with E-state index in [0.717, 1.165) is 0 Å². The van der Waals surface area contributed by atoms with E-state index in [9.17, 15) is 9.18 Å². The molecule has 0 spiro atoms. The number of fused-ring (bicyclic) bond motifs is 1. The molecule has 0 unspecified atom stereocenters. The monoisotopic (exact) mass is 304 g/mol. The van der Waals surface area contributed by atoms with E-state index >= 15 is 0 Å². The maximum Gasteiger partial charge on any atom is 0.337 e. The van der Waals surface area contributed by atoms with Crippen LogP contribution in [-0.2, 0) is 4.74 Å². The minimum absolute atomic E-state index is 0.194. The van der Waals surface area contributed by atoms with Crippen molar-refractivity contribution in [2.24, 2.45) is 0 Å². The second-order valence-electron chi connectivity index (χ2n) is 4.37. The van der Waals surface area contributed by atoms with Crippen LogP contribution in [0.2, 0.25) is 5.15 Å². The fraction of sp³-hybridized carbons (Fsp3) is 0.0667. The largest absolute Gasteiger partial charge is 0.465 e. The van der Waals surface area contributed by atoms with Crippen molar-refractivity contribution in [3.8, 4) is 11.4 Å². The second kappa shape index (κ2) is 5.18. The Kier molecular flexibility index (Phi) is 3.35. The van der Waals surface area contributed by atoms with Gasteiger partial charge in [-0.3, -0.25) is 4.40 Å². The van der Waals surface area contributed by atoms with Gasteiger partial charge in [-0.1, -0.05) is 23.7 Å². The zero-order valence-electron chi connectivity index (χ0n) is 11.0. The van der Waals surface area contributed by atoms with Crippen LogP contribution in [0.3, 0.4) is 0 Å². The number of carbonyl (C=O) groups is 1. The standard InChI is InChI=1S/C15H10ClFN2O2/c1-21-15(20)9-6-7-19-12(8-9)13(16)18-14(19)10-4-2-3-5-11(10)17/h2-8H,1H3. The smallest absolute Gasteiger partial charge is 0.337 e. The maximum atomic E-state index is 13.9. The quantitative estimate of drug-likeness (QED) is 0.680. The van der Waals surface area contributed by atoms with Crippen LogP contribution in [0.1, 0.15) is 10.4 Å². The van der Waals surface area contributed by atoms with Crippen molar-refractivity contribution >= 4 is 23.1 Å². The van der Waals surface area contributed by atoms with Crippen molar-refractivity contribution < 1.29 is 13.9 Å². The predicted molar refractivity (Wildman–Crippen MR) is 76.9 cm³/mol. The summed E-state index contributed by atoms with van der Waals surface area (Å²) in [6.07, 6.45) is 1.61. The number of hydrogen-bond acceptors (Lipinski definition) is 3. The molecule has 0 bridgehead atoms. The predicted octanol–water partition coefficient (Wildman–Crippen LogP) is 3.58. The molecule has 2 aromatic heterocycles. The average Bonchev–Trinajstić information content (AvgIpc) is 2.83. The molecular formula is C15H10ClFN2O2. The number of benzene rings is 1. The normalized spacial score (nSPS) is 10.8. The van der Waals surface area contributed by atoms with Gasteiger partial charge in [0.15, 0.2) is 5.15 Å². The summed E-state index contributed by atoms with van der Waals surface area (Å²) in [5, 5.41) is 0.194. The number of hydrogen-bond donors (Lipinski definition) is 0. The van der Waals surface area contributed by atoms with E-state index in [2.05, 4.69) is 9.72 Å². The van der Waals surface area contributed by atoms with Crippen LogP contribution in [-0.4, -0.2) is 22.5 Å². The average molecular weight is 305 g/mol. The Balaban J connectivity index is 2.23. The van der Waals surface area contributed by atoms with Crippen LogP contribution in [0.15, 0.2) is 42.6 Å². The van der Waals surface area contributed by atoms with Gasteiger partial charge in [-0.25, -0.2) is 14.2 Å². The third-order valence-electron chi connectivity index (χ3n) is 3.13. The number of halogens is 2. The molecule has 6 heteroatoms. The summed E-state index contributed by atoms with van der Waals surface area (Å²) in [6.45, 7) is 0. The highest BCUT2D eigenvalue weighted by Crippen LogP contribution is 2.28. The van der Waals surface area contributed by atoms with Crippen LogP contribution >= 0.6 is 11.6 Å². The Morgan fingerprint density at radius 2 is 2.10 bits per heavy atom. The summed E-state index contributed by atoms with van der Waals surface area (Å²) in [4.78, 5) is 15.7. The molecule has 3 aromatic rings. The molecule has 0 atom stereocenters. The number of imidazole rings is 1. The molecular weight excluding hydrogens is 295 g/mol. The van der Waals surface area contributed by atoms with Crippen molar-refractivity contribution in [2.45, 2.75) is 0 Å². The Morgan fingerprint density at radius 1 is 1.33 bits per heavy atom. The molecule has 0 aliphatic carbocycles. The lowest BCUT2D eigenvalue weighted by atomic mass is 10.2. The molecule has 3 rings (SSSR count). The van der Waals surface area contributed by atoms with Gasteiger partial charge in [0.25, 0.3) is 0 Å². The minimum atomic E-state index is -0.470. The van der Waals surface area contributed by atoms with Gasteiger partial charge in [0, 0.05) is 6.20 Å². The Hall–Kier alpha value is -2.40. The number of methoxy groups -OCH3 is 1. The molecule has 0 fully saturated rings. The summed E-state index contributed by atoms with van der Waals surface area (Å²) in [5.41, 5.74) is 1.20. The Bertz CT molecular complexity index is 845. The van der Waals surface area contributed by atoms with Crippen LogP contribution in [0.25, 0.3) is 16.9 Å². The van der Waals surface area contributed by atoms with Gasteiger partial charge in [0.1, 0.15) is 11.6 Å². The molecule has 0 N–H and O–H groups in total. The highest BCUT2D eigenvalue weighted by atomic mass is 35.5. The van der Waals surface area contributed by atoms with Gasteiger partial charge in [-0.2, -0.15) is 0 Å². The maximum absolute atomic E-state index is 13.9. The van der Waals surface area contributed by atoms with Crippen molar-refractivity contribution in [1.82, 2.24) is 9.38 Å². The van der Waals surface area contributed by atoms with Crippen LogP contribution in [0.4, 0.5) is 4.39 Å². The van der Waals surface area contributed by atoms with Crippen molar-refractivity contribution in [3.05, 3.63) is 59.1 Å². The molecule has 0 aliphatic heterocycles. The SMILES string of the molecule is COC(=O)c1ccn2c(-c3ccccc3F)nc(Cl)c2c1. The number of nitrogens with zero attached hydrogens (tertiary/aromatic N) is 2. The highest BCUT2D eigenvalue weighted by Gasteiger charge is 2.16. The zero-order valence-corrected chi connectivity index (χ0v) is 11.8. The lowest BCUT2D eigenvalue weighted by Gasteiger charge is -2.04. The van der Waals surface area contributed by atoms with E-state index in [1.54, 1.807) is 40.9 Å². The van der Waals surface area contributed by atoms with Gasteiger partial charge in [-0.15, -0.1) is 0 Å². The van der Waals surface area contributed by atoms with E-state index in [-0.39, 0.29) is 5.15 Å². The molecule has 4 nitrogen and oxygen atoms in total. The fourth-order valence-corrected chi connectivity index (χ4v) is 2.35. The minimum Gasteiger partial charge on any atom is -0.465 e. The van der Waals surface area contributed by atoms with Crippen molar-refractivity contribution in [2.75, 3.05) is 7.11 Å². The molecule has 0 aliphatic rings. The number of aromatic nitrogens is 2. The number of pyridine rings is 1. The summed E-state index contributed by atoms with van der Waals surface area (Å²) >= 11 is 6.09. The first kappa shape index (κ1) is 13.6. The van der Waals surface area contributed by atoms with E-state index in [0.29, 0.717) is 22.5 Å². The molecule has 106 valence electrons. The van der Waals surface area contributed by atoms with E-state index in [1.165, 1.54) is 13.2 Å². The molecule has 0 saturated carbocycles. The van der Waals surface area contributed by atoms with Crippen LogP contribution < -0.4 is 0 Å². The summed E-state index contributed by atoms with van der Waals surface area (Å²) < 4.78 is 20.2. The second-order valence-corrected chi connectivity index (χ2v) is 4.73. The first-order valence-electron chi connectivity index (χ1n) is 6.12. The molecule has 21 heavy (non-hydrogen) atoms. The summed E-state index contributed by atoms with van der Waals surface area (Å²) in [7, 11) is 1.30. The highest BCUT2D eigenvalue weighted by molar-refractivity contribution is 6.33. The summed E-state index contributed by atoms with van der Waals surface area (Å²) in [6, 6.07) is 9.43. The first-order valence-corrected chi connectivity index (χ1v) is 6.50. The Labute approximate surface area is 124 Å². The van der Waals surface area contributed by atoms with Crippen molar-refractivity contribution in [1.29, 1.82) is 0 Å².